The number of anilines is 1. The van der Waals surface area contributed by atoms with Crippen molar-refractivity contribution < 1.29 is 27.5 Å². The first-order valence-electron chi connectivity index (χ1n) is 9.71. The number of hydrogen-bond donors (Lipinski definition) is 1. The van der Waals surface area contributed by atoms with Gasteiger partial charge in [0.2, 0.25) is 0 Å². The summed E-state index contributed by atoms with van der Waals surface area (Å²) in [5, 5.41) is 10.1. The van der Waals surface area contributed by atoms with Gasteiger partial charge in [-0.1, -0.05) is 29.8 Å². The van der Waals surface area contributed by atoms with Gasteiger partial charge in [0, 0.05) is 11.9 Å². The van der Waals surface area contributed by atoms with Crippen molar-refractivity contribution in [1.29, 1.82) is 0 Å². The molecule has 0 aliphatic heterocycles. The smallest absolute Gasteiger partial charge is 0.433 e. The fraction of sp³-hybridized carbons (Fsp3) is 0.190. The summed E-state index contributed by atoms with van der Waals surface area (Å²) >= 11 is 6.15. The van der Waals surface area contributed by atoms with Crippen molar-refractivity contribution in [3.05, 3.63) is 76.0 Å². The molecule has 3 heterocycles. The van der Waals surface area contributed by atoms with Crippen LogP contribution in [0.5, 0.6) is 0 Å². The molecular weight excluding hydrogens is 477 g/mol. The lowest BCUT2D eigenvalue weighted by Crippen LogP contribution is -2.15. The third-order valence-corrected chi connectivity index (χ3v) is 5.16. The van der Waals surface area contributed by atoms with Crippen molar-refractivity contribution in [2.45, 2.75) is 19.6 Å². The van der Waals surface area contributed by atoms with Gasteiger partial charge >= 0.3 is 12.1 Å². The number of hydrogen-bond acceptors (Lipinski definition) is 6. The number of nitrogens with zero attached hydrogens (tertiary/aromatic N) is 5. The van der Waals surface area contributed by atoms with Crippen LogP contribution in [-0.4, -0.2) is 43.4 Å². The third kappa shape index (κ3) is 4.44. The first kappa shape index (κ1) is 23.2. The van der Waals surface area contributed by atoms with Crippen molar-refractivity contribution in [2.75, 3.05) is 12.4 Å². The highest BCUT2D eigenvalue weighted by molar-refractivity contribution is 6.37. The third-order valence-electron chi connectivity index (χ3n) is 4.81. The molecule has 1 aromatic carbocycles. The number of nitrogens with one attached hydrogen (secondary N) is 1. The van der Waals surface area contributed by atoms with Crippen LogP contribution in [0, 0.1) is 6.92 Å². The molecule has 176 valence electrons. The number of carbonyl (C=O) groups is 2. The second-order valence-corrected chi connectivity index (χ2v) is 7.59. The summed E-state index contributed by atoms with van der Waals surface area (Å²) in [5.41, 5.74) is -0.488. The van der Waals surface area contributed by atoms with E-state index in [0.29, 0.717) is 15.6 Å². The van der Waals surface area contributed by atoms with Crippen molar-refractivity contribution in [3.8, 4) is 0 Å². The fourth-order valence-corrected chi connectivity index (χ4v) is 3.55. The Balaban J connectivity index is 1.58. The molecular formula is C21H16ClF3N6O3. The highest BCUT2D eigenvalue weighted by atomic mass is 35.5. The molecule has 0 aliphatic carbocycles. The number of esters is 1. The molecule has 3 aromatic heterocycles. The van der Waals surface area contributed by atoms with Gasteiger partial charge in [-0.3, -0.25) is 9.48 Å². The number of aryl methyl sites for hydroxylation is 1. The topological polar surface area (TPSA) is 103 Å². The summed E-state index contributed by atoms with van der Waals surface area (Å²) in [6.45, 7) is 1.58. The zero-order chi connectivity index (χ0) is 24.6. The van der Waals surface area contributed by atoms with E-state index in [9.17, 15) is 22.8 Å². The first-order chi connectivity index (χ1) is 16.1. The number of methoxy groups -OCH3 is 1. The normalized spacial score (nSPS) is 11.6. The number of halogens is 4. The molecule has 0 spiro atoms. The maximum Gasteiger partial charge on any atom is 0.433 e. The summed E-state index contributed by atoms with van der Waals surface area (Å²) in [7, 11) is 1.28. The summed E-state index contributed by atoms with van der Waals surface area (Å²) < 4.78 is 46.9. The van der Waals surface area contributed by atoms with E-state index in [4.69, 9.17) is 16.3 Å². The average Bonchev–Trinajstić information content (AvgIpc) is 3.36. The van der Waals surface area contributed by atoms with Gasteiger partial charge in [0.15, 0.2) is 11.3 Å². The van der Waals surface area contributed by atoms with Gasteiger partial charge in [-0.25, -0.2) is 14.3 Å². The Labute approximate surface area is 195 Å². The molecule has 0 aliphatic rings. The van der Waals surface area contributed by atoms with E-state index in [2.05, 4.69) is 20.5 Å². The van der Waals surface area contributed by atoms with Crippen LogP contribution in [0.15, 0.2) is 42.7 Å². The van der Waals surface area contributed by atoms with Crippen molar-refractivity contribution >= 4 is 34.8 Å². The lowest BCUT2D eigenvalue weighted by Gasteiger charge is -2.09. The molecule has 0 bridgehead atoms. The molecule has 1 amide bonds. The average molecular weight is 493 g/mol. The summed E-state index contributed by atoms with van der Waals surface area (Å²) in [6, 6.07) is 7.61. The molecule has 0 atom stereocenters. The predicted octanol–water partition coefficient (Wildman–Crippen LogP) is 3.99. The van der Waals surface area contributed by atoms with Gasteiger partial charge in [0.05, 0.1) is 31.1 Å². The molecule has 0 radical (unpaired) electrons. The lowest BCUT2D eigenvalue weighted by atomic mass is 10.1. The molecule has 0 saturated carbocycles. The number of aromatic nitrogens is 5. The summed E-state index contributed by atoms with van der Waals surface area (Å²) in [6.07, 6.45) is -1.90. The van der Waals surface area contributed by atoms with E-state index < -0.39 is 29.4 Å². The van der Waals surface area contributed by atoms with E-state index in [1.54, 1.807) is 24.3 Å². The van der Waals surface area contributed by atoms with E-state index in [0.717, 1.165) is 6.07 Å². The number of carbonyl (C=O) groups excluding carboxylic acids is 2. The number of amides is 1. The zero-order valence-corrected chi connectivity index (χ0v) is 18.5. The van der Waals surface area contributed by atoms with Crippen LogP contribution in [0.4, 0.5) is 18.9 Å². The van der Waals surface area contributed by atoms with Gasteiger partial charge in [-0.05, 0) is 24.6 Å². The van der Waals surface area contributed by atoms with Crippen LogP contribution >= 0.6 is 11.6 Å². The number of rotatable bonds is 5. The second kappa shape index (κ2) is 8.78. The molecule has 0 saturated heterocycles. The minimum absolute atomic E-state index is 0.0714. The van der Waals surface area contributed by atoms with E-state index >= 15 is 0 Å². The molecule has 4 aromatic rings. The van der Waals surface area contributed by atoms with Gasteiger partial charge in [0.25, 0.3) is 5.91 Å². The van der Waals surface area contributed by atoms with E-state index in [1.165, 1.54) is 31.1 Å². The maximum absolute atomic E-state index is 13.4. The van der Waals surface area contributed by atoms with Gasteiger partial charge in [-0.2, -0.15) is 23.4 Å². The quantitative estimate of drug-likeness (QED) is 0.422. The first-order valence-corrected chi connectivity index (χ1v) is 10.1. The van der Waals surface area contributed by atoms with Crippen LogP contribution < -0.4 is 5.32 Å². The Morgan fingerprint density at radius 2 is 1.97 bits per heavy atom. The molecule has 1 N–H and O–H groups in total. The Morgan fingerprint density at radius 1 is 1.24 bits per heavy atom. The van der Waals surface area contributed by atoms with Crippen LogP contribution in [0.2, 0.25) is 5.02 Å². The van der Waals surface area contributed by atoms with Gasteiger partial charge in [-0.15, -0.1) is 0 Å². The molecule has 13 heteroatoms. The number of ether oxygens (including phenoxy) is 1. The highest BCUT2D eigenvalue weighted by Gasteiger charge is 2.36. The molecule has 0 unspecified atom stereocenters. The van der Waals surface area contributed by atoms with Crippen molar-refractivity contribution in [2.24, 2.45) is 0 Å². The van der Waals surface area contributed by atoms with Crippen molar-refractivity contribution in [3.63, 3.8) is 0 Å². The molecule has 9 nitrogen and oxygen atoms in total. The molecule has 4 rings (SSSR count). The van der Waals surface area contributed by atoms with Crippen molar-refractivity contribution in [1.82, 2.24) is 24.4 Å². The van der Waals surface area contributed by atoms with E-state index in [1.807, 2.05) is 0 Å². The highest BCUT2D eigenvalue weighted by Crippen LogP contribution is 2.32. The molecule has 34 heavy (non-hydrogen) atoms. The Kier molecular flexibility index (Phi) is 6.00. The maximum atomic E-state index is 13.4. The Bertz CT molecular complexity index is 1410. The standard InChI is InChI=1S/C21H16ClF3N6O3/c1-11-7-15(21(23,24)25)31-18(27-11)16(22)17(29-31)19(32)28-13-8-26-30(10-13)9-12-5-3-4-6-14(12)20(33)34-2/h3-8,10H,9H2,1-2H3,(H,28,32). The van der Waals surface area contributed by atoms with Crippen LogP contribution in [0.25, 0.3) is 5.65 Å². The zero-order valence-electron chi connectivity index (χ0n) is 17.7. The fourth-order valence-electron chi connectivity index (χ4n) is 3.31. The Hall–Kier alpha value is -3.93. The lowest BCUT2D eigenvalue weighted by molar-refractivity contribution is -0.142. The minimum Gasteiger partial charge on any atom is -0.465 e. The summed E-state index contributed by atoms with van der Waals surface area (Å²) in [5.74, 6) is -1.34. The number of fused-ring (bicyclic) bond motifs is 1. The van der Waals surface area contributed by atoms with Gasteiger partial charge < -0.3 is 10.1 Å². The Morgan fingerprint density at radius 3 is 2.68 bits per heavy atom. The monoisotopic (exact) mass is 492 g/mol. The molecule has 0 fully saturated rings. The largest absolute Gasteiger partial charge is 0.465 e. The second-order valence-electron chi connectivity index (χ2n) is 7.21. The van der Waals surface area contributed by atoms with E-state index in [-0.39, 0.29) is 28.6 Å². The number of alkyl halides is 3. The summed E-state index contributed by atoms with van der Waals surface area (Å²) in [4.78, 5) is 28.6. The van der Waals surface area contributed by atoms with Crippen LogP contribution in [0.3, 0.4) is 0 Å². The van der Waals surface area contributed by atoms with Crippen LogP contribution in [-0.2, 0) is 17.5 Å². The van der Waals surface area contributed by atoms with Crippen LogP contribution in [0.1, 0.15) is 37.8 Å². The number of benzene rings is 1. The van der Waals surface area contributed by atoms with Gasteiger partial charge in [0.1, 0.15) is 10.7 Å². The SMILES string of the molecule is COC(=O)c1ccccc1Cn1cc(NC(=O)c2nn3c(C(F)(F)F)cc(C)nc3c2Cl)cn1. The predicted molar refractivity (Wildman–Crippen MR) is 115 cm³/mol. The minimum atomic E-state index is -4.73.